The third-order valence-electron chi connectivity index (χ3n) is 6.12. The summed E-state index contributed by atoms with van der Waals surface area (Å²) in [5.41, 5.74) is -0.452. The fourth-order valence-electron chi connectivity index (χ4n) is 4.11. The topological polar surface area (TPSA) is 75.7 Å². The van der Waals surface area contributed by atoms with Gasteiger partial charge in [0.2, 0.25) is 10.0 Å². The molecule has 6 nitrogen and oxygen atoms in total. The van der Waals surface area contributed by atoms with E-state index in [9.17, 15) is 22.0 Å². The highest BCUT2D eigenvalue weighted by Crippen LogP contribution is 2.47. The van der Waals surface area contributed by atoms with E-state index < -0.39 is 51.3 Å². The molecule has 0 aliphatic heterocycles. The number of amides is 1. The summed E-state index contributed by atoms with van der Waals surface area (Å²) in [6.07, 6.45) is -2.50. The van der Waals surface area contributed by atoms with Crippen molar-refractivity contribution >= 4 is 16.1 Å². The monoisotopic (exact) mass is 494 g/mol. The Bertz CT molecular complexity index is 1090. The Kier molecular flexibility index (Phi) is 7.38. The molecule has 1 fully saturated rings. The zero-order valence-electron chi connectivity index (χ0n) is 19.9. The summed E-state index contributed by atoms with van der Waals surface area (Å²) in [5, 5.41) is 0. The van der Waals surface area contributed by atoms with Crippen molar-refractivity contribution in [3.63, 3.8) is 0 Å². The maximum absolute atomic E-state index is 14.6. The predicted molar refractivity (Wildman–Crippen MR) is 127 cm³/mol. The van der Waals surface area contributed by atoms with E-state index >= 15 is 0 Å². The van der Waals surface area contributed by atoms with Gasteiger partial charge in [-0.1, -0.05) is 60.7 Å². The van der Waals surface area contributed by atoms with Gasteiger partial charge in [-0.05, 0) is 45.2 Å². The van der Waals surface area contributed by atoms with Gasteiger partial charge in [-0.15, -0.1) is 0 Å². The highest BCUT2D eigenvalue weighted by Gasteiger charge is 2.58. The number of hydrogen-bond acceptors (Lipinski definition) is 4. The molecule has 1 N–H and O–H groups in total. The third-order valence-corrected chi connectivity index (χ3v) is 8.38. The number of sulfonamides is 1. The second-order valence-electron chi connectivity index (χ2n) is 9.78. The Morgan fingerprint density at radius 2 is 1.62 bits per heavy atom. The second kappa shape index (κ2) is 9.62. The van der Waals surface area contributed by atoms with Gasteiger partial charge in [-0.3, -0.25) is 4.90 Å². The van der Waals surface area contributed by atoms with Crippen LogP contribution in [0.2, 0.25) is 0 Å². The first-order chi connectivity index (χ1) is 15.8. The van der Waals surface area contributed by atoms with Gasteiger partial charge in [-0.25, -0.2) is 22.0 Å². The molecule has 2 aromatic rings. The van der Waals surface area contributed by atoms with E-state index in [4.69, 9.17) is 4.74 Å². The summed E-state index contributed by atoms with van der Waals surface area (Å²) < 4.78 is 62.4. The normalized spacial score (nSPS) is 21.1. The van der Waals surface area contributed by atoms with Crippen molar-refractivity contribution in [2.24, 2.45) is 0 Å². The molecule has 34 heavy (non-hydrogen) atoms. The van der Waals surface area contributed by atoms with Gasteiger partial charge in [0.25, 0.3) is 5.92 Å². The van der Waals surface area contributed by atoms with Crippen LogP contribution < -0.4 is 4.72 Å². The van der Waals surface area contributed by atoms with E-state index in [0.717, 1.165) is 10.5 Å². The van der Waals surface area contributed by atoms with Crippen molar-refractivity contribution in [3.05, 3.63) is 71.8 Å². The smallest absolute Gasteiger partial charge is 0.412 e. The molecule has 1 saturated carbocycles. The molecule has 1 amide bonds. The molecule has 0 heterocycles. The van der Waals surface area contributed by atoms with Crippen LogP contribution in [-0.4, -0.2) is 35.7 Å². The van der Waals surface area contributed by atoms with E-state index in [-0.39, 0.29) is 13.0 Å². The van der Waals surface area contributed by atoms with E-state index in [2.05, 4.69) is 4.72 Å². The number of carbonyl (C=O) groups excluding carboxylic acids is 1. The second-order valence-corrected chi connectivity index (χ2v) is 12.2. The molecular formula is C25H32F2N2O4S. The van der Waals surface area contributed by atoms with Gasteiger partial charge in [0.15, 0.2) is 0 Å². The fraction of sp³-hybridized carbons (Fsp3) is 0.480. The lowest BCUT2D eigenvalue weighted by Crippen LogP contribution is -2.64. The third kappa shape index (κ3) is 5.75. The van der Waals surface area contributed by atoms with E-state index in [0.29, 0.717) is 5.56 Å². The number of halogens is 2. The number of nitrogens with one attached hydrogen (secondary N) is 1. The van der Waals surface area contributed by atoms with Crippen LogP contribution in [0.4, 0.5) is 13.6 Å². The van der Waals surface area contributed by atoms with Crippen LogP contribution in [-0.2, 0) is 21.4 Å². The van der Waals surface area contributed by atoms with Gasteiger partial charge in [-0.2, -0.15) is 4.72 Å². The molecule has 9 heteroatoms. The van der Waals surface area contributed by atoms with Crippen LogP contribution >= 0.6 is 0 Å². The first-order valence-electron chi connectivity index (χ1n) is 11.2. The lowest BCUT2D eigenvalue weighted by atomic mass is 10.0. The van der Waals surface area contributed by atoms with Crippen LogP contribution in [0.25, 0.3) is 0 Å². The Labute approximate surface area is 200 Å². The summed E-state index contributed by atoms with van der Waals surface area (Å²) in [6.45, 7) is 6.05. The zero-order chi connectivity index (χ0) is 25.2. The van der Waals surface area contributed by atoms with Gasteiger partial charge in [0, 0.05) is 12.8 Å². The summed E-state index contributed by atoms with van der Waals surface area (Å²) in [6, 6.07) is 17.1. The molecule has 0 aromatic heterocycles. The van der Waals surface area contributed by atoms with Crippen LogP contribution in [0.1, 0.15) is 64.1 Å². The quantitative estimate of drug-likeness (QED) is 0.507. The lowest BCUT2D eigenvalue weighted by Gasteiger charge is -2.45. The average molecular weight is 495 g/mol. The number of carbonyl (C=O) groups is 1. The van der Waals surface area contributed by atoms with Gasteiger partial charge in [0.1, 0.15) is 12.3 Å². The molecule has 1 unspecified atom stereocenters. The number of alkyl halides is 2. The first kappa shape index (κ1) is 26.1. The largest absolute Gasteiger partial charge is 0.444 e. The zero-order valence-corrected chi connectivity index (χ0v) is 20.7. The van der Waals surface area contributed by atoms with Crippen molar-refractivity contribution in [1.29, 1.82) is 0 Å². The highest BCUT2D eigenvalue weighted by molar-refractivity contribution is 7.90. The van der Waals surface area contributed by atoms with Crippen LogP contribution in [0.3, 0.4) is 0 Å². The minimum atomic E-state index is -4.08. The van der Waals surface area contributed by atoms with Crippen LogP contribution in [0.15, 0.2) is 60.7 Å². The maximum atomic E-state index is 14.6. The van der Waals surface area contributed by atoms with E-state index in [1.807, 2.05) is 6.07 Å². The Hall–Kier alpha value is -2.52. The Balaban J connectivity index is 2.05. The molecule has 2 atom stereocenters. The molecule has 1 aliphatic carbocycles. The van der Waals surface area contributed by atoms with E-state index in [1.165, 1.54) is 20.8 Å². The summed E-state index contributed by atoms with van der Waals surface area (Å²) in [7, 11) is -4.08. The number of ether oxygens (including phenoxy) is 1. The average Bonchev–Trinajstić information content (AvgIpc) is 3.07. The minimum absolute atomic E-state index is 0.0732. The molecule has 2 aromatic carbocycles. The van der Waals surface area contributed by atoms with Gasteiger partial charge >= 0.3 is 6.09 Å². The van der Waals surface area contributed by atoms with Gasteiger partial charge < -0.3 is 4.74 Å². The standard InChI is InChI=1S/C25H32F2N2O4S/c1-19(21-13-9-6-10-14-21)29(22(30)33-17-20-11-7-5-8-12-20)25(16-15-24(26,27)18-25)28-34(31,32)23(2,3)4/h5-14,19,28H,15-18H2,1-4H3/t19-,25?/m1/s1. The van der Waals surface area contributed by atoms with E-state index in [1.54, 1.807) is 61.5 Å². The van der Waals surface area contributed by atoms with Crippen molar-refractivity contribution in [1.82, 2.24) is 9.62 Å². The number of nitrogens with zero attached hydrogens (tertiary/aromatic N) is 1. The predicted octanol–water partition coefficient (Wildman–Crippen LogP) is 5.62. The Morgan fingerprint density at radius 1 is 1.06 bits per heavy atom. The Morgan fingerprint density at radius 3 is 2.12 bits per heavy atom. The fourth-order valence-corrected chi connectivity index (χ4v) is 5.19. The van der Waals surface area contributed by atoms with Crippen LogP contribution in [0.5, 0.6) is 0 Å². The molecule has 1 aliphatic rings. The van der Waals surface area contributed by atoms with Crippen LogP contribution in [0, 0.1) is 0 Å². The number of benzene rings is 2. The van der Waals surface area contributed by atoms with Crippen molar-refractivity contribution < 1.29 is 26.7 Å². The number of hydrogen-bond donors (Lipinski definition) is 1. The SMILES string of the molecule is C[C@H](c1ccccc1)N(C(=O)OCc1ccccc1)C1(NS(=O)(=O)C(C)(C)C)CCC(F)(F)C1. The van der Waals surface area contributed by atoms with Crippen molar-refractivity contribution in [3.8, 4) is 0 Å². The summed E-state index contributed by atoms with van der Waals surface area (Å²) in [4.78, 5) is 14.6. The van der Waals surface area contributed by atoms with Crippen molar-refractivity contribution in [2.75, 3.05) is 0 Å². The maximum Gasteiger partial charge on any atom is 0.412 e. The molecule has 0 saturated heterocycles. The molecule has 3 rings (SSSR count). The highest BCUT2D eigenvalue weighted by atomic mass is 32.2. The molecular weight excluding hydrogens is 462 g/mol. The van der Waals surface area contributed by atoms with Gasteiger partial charge in [0.05, 0.1) is 10.8 Å². The van der Waals surface area contributed by atoms with Crippen molar-refractivity contribution in [2.45, 2.75) is 75.9 Å². The number of rotatable bonds is 7. The lowest BCUT2D eigenvalue weighted by molar-refractivity contribution is -0.0281. The molecule has 186 valence electrons. The molecule has 0 bridgehead atoms. The summed E-state index contributed by atoms with van der Waals surface area (Å²) >= 11 is 0. The summed E-state index contributed by atoms with van der Waals surface area (Å²) in [5.74, 6) is -3.14. The molecule has 0 radical (unpaired) electrons. The first-order valence-corrected chi connectivity index (χ1v) is 12.7. The minimum Gasteiger partial charge on any atom is -0.444 e. The molecule has 0 spiro atoms.